The van der Waals surface area contributed by atoms with E-state index in [9.17, 15) is 14.4 Å². The van der Waals surface area contributed by atoms with Crippen LogP contribution in [-0.4, -0.2) is 15.5 Å². The fourth-order valence-electron chi connectivity index (χ4n) is 2.22. The van der Waals surface area contributed by atoms with Crippen LogP contribution >= 0.6 is 11.3 Å². The van der Waals surface area contributed by atoms with E-state index in [-0.39, 0.29) is 6.61 Å². The Labute approximate surface area is 135 Å². The van der Waals surface area contributed by atoms with Crippen molar-refractivity contribution in [3.05, 3.63) is 67.7 Å². The highest BCUT2D eigenvalue weighted by atomic mass is 32.1. The second kappa shape index (κ2) is 6.21. The number of nitrogens with zero attached hydrogens (tertiary/aromatic N) is 1. The van der Waals surface area contributed by atoms with Crippen LogP contribution in [0.1, 0.15) is 10.4 Å². The molecule has 2 aromatic heterocycles. The first-order valence-corrected chi connectivity index (χ1v) is 7.79. The summed E-state index contributed by atoms with van der Waals surface area (Å²) in [6, 6.07) is 10.9. The maximum Gasteiger partial charge on any atom is 0.329 e. The fourth-order valence-corrected chi connectivity index (χ4v) is 3.12. The van der Waals surface area contributed by atoms with Crippen molar-refractivity contribution in [2.75, 3.05) is 0 Å². The van der Waals surface area contributed by atoms with E-state index in [1.54, 1.807) is 6.07 Å². The Bertz CT molecular complexity index is 969. The predicted octanol–water partition coefficient (Wildman–Crippen LogP) is 1.80. The molecular weight excluding hydrogens is 316 g/mol. The van der Waals surface area contributed by atoms with Gasteiger partial charge >= 0.3 is 11.7 Å². The Morgan fingerprint density at radius 3 is 2.74 bits per heavy atom. The SMILES string of the molecule is Cc1cc2c(=O)n(CC(=O)OCc3ccccc3)c(=O)[nH]c2s1. The standard InChI is InChI=1S/C16H14N2O4S/c1-10-7-12-14(23-10)17-16(21)18(15(12)20)8-13(19)22-9-11-5-3-2-4-6-11/h2-7H,8-9H2,1H3,(H,17,21). The summed E-state index contributed by atoms with van der Waals surface area (Å²) in [6.45, 7) is 1.54. The van der Waals surface area contributed by atoms with Crippen molar-refractivity contribution in [3.63, 3.8) is 0 Å². The molecule has 0 saturated carbocycles. The maximum atomic E-state index is 12.3. The fraction of sp³-hybridized carbons (Fsp3) is 0.188. The number of aromatic amines is 1. The van der Waals surface area contributed by atoms with Gasteiger partial charge in [0, 0.05) is 4.88 Å². The van der Waals surface area contributed by atoms with Crippen molar-refractivity contribution in [2.24, 2.45) is 0 Å². The monoisotopic (exact) mass is 330 g/mol. The van der Waals surface area contributed by atoms with Crippen LogP contribution in [0.25, 0.3) is 10.2 Å². The lowest BCUT2D eigenvalue weighted by Crippen LogP contribution is -2.37. The topological polar surface area (TPSA) is 81.2 Å². The molecule has 0 bridgehead atoms. The van der Waals surface area contributed by atoms with Crippen molar-refractivity contribution < 1.29 is 9.53 Å². The van der Waals surface area contributed by atoms with Crippen LogP contribution in [0, 0.1) is 6.92 Å². The number of carbonyl (C=O) groups excluding carboxylic acids is 1. The summed E-state index contributed by atoms with van der Waals surface area (Å²) in [5, 5.41) is 0.406. The van der Waals surface area contributed by atoms with Crippen molar-refractivity contribution in [1.29, 1.82) is 0 Å². The first kappa shape index (κ1) is 15.2. The Kier molecular flexibility index (Phi) is 4.12. The van der Waals surface area contributed by atoms with Gasteiger partial charge in [0.1, 0.15) is 18.0 Å². The molecule has 6 nitrogen and oxygen atoms in total. The van der Waals surface area contributed by atoms with Crippen molar-refractivity contribution in [3.8, 4) is 0 Å². The molecule has 0 aliphatic carbocycles. The molecule has 23 heavy (non-hydrogen) atoms. The Hall–Kier alpha value is -2.67. The van der Waals surface area contributed by atoms with Gasteiger partial charge in [0.25, 0.3) is 5.56 Å². The molecule has 3 aromatic rings. The Balaban J connectivity index is 1.79. The molecule has 7 heteroatoms. The third kappa shape index (κ3) is 3.24. The van der Waals surface area contributed by atoms with Gasteiger partial charge in [-0.1, -0.05) is 30.3 Å². The zero-order chi connectivity index (χ0) is 16.4. The lowest BCUT2D eigenvalue weighted by Gasteiger charge is -2.06. The van der Waals surface area contributed by atoms with Crippen molar-refractivity contribution in [1.82, 2.24) is 9.55 Å². The van der Waals surface area contributed by atoms with Gasteiger partial charge < -0.3 is 4.74 Å². The summed E-state index contributed by atoms with van der Waals surface area (Å²) in [6.07, 6.45) is 0. The van der Waals surface area contributed by atoms with E-state index in [2.05, 4.69) is 4.98 Å². The van der Waals surface area contributed by atoms with Gasteiger partial charge in [0.2, 0.25) is 0 Å². The molecule has 0 unspecified atom stereocenters. The maximum absolute atomic E-state index is 12.3. The van der Waals surface area contributed by atoms with E-state index in [0.717, 1.165) is 15.0 Å². The summed E-state index contributed by atoms with van der Waals surface area (Å²) in [5.74, 6) is -0.632. The van der Waals surface area contributed by atoms with Crippen LogP contribution < -0.4 is 11.2 Å². The summed E-state index contributed by atoms with van der Waals surface area (Å²) in [7, 11) is 0. The third-order valence-electron chi connectivity index (χ3n) is 3.33. The number of aromatic nitrogens is 2. The second-order valence-corrected chi connectivity index (χ2v) is 6.32. The van der Waals surface area contributed by atoms with Gasteiger partial charge in [-0.2, -0.15) is 0 Å². The number of fused-ring (bicyclic) bond motifs is 1. The highest BCUT2D eigenvalue weighted by Gasteiger charge is 2.13. The molecular formula is C16H14N2O4S. The number of H-pyrrole nitrogens is 1. The van der Waals surface area contributed by atoms with E-state index in [4.69, 9.17) is 4.74 Å². The number of thiophene rings is 1. The first-order chi connectivity index (χ1) is 11.0. The van der Waals surface area contributed by atoms with E-state index in [0.29, 0.717) is 10.2 Å². The quantitative estimate of drug-likeness (QED) is 0.740. The number of aryl methyl sites for hydroxylation is 1. The number of hydrogen-bond acceptors (Lipinski definition) is 5. The summed E-state index contributed by atoms with van der Waals surface area (Å²) in [5.41, 5.74) is -0.253. The largest absolute Gasteiger partial charge is 0.459 e. The molecule has 118 valence electrons. The molecule has 0 saturated heterocycles. The Morgan fingerprint density at radius 2 is 2.00 bits per heavy atom. The molecule has 1 N–H and O–H groups in total. The average Bonchev–Trinajstić information content (AvgIpc) is 2.91. The number of rotatable bonds is 4. The van der Waals surface area contributed by atoms with Gasteiger partial charge in [-0.05, 0) is 18.6 Å². The number of benzene rings is 1. The summed E-state index contributed by atoms with van der Waals surface area (Å²) in [4.78, 5) is 40.2. The lowest BCUT2D eigenvalue weighted by atomic mass is 10.2. The minimum absolute atomic E-state index is 0.103. The van der Waals surface area contributed by atoms with E-state index in [1.165, 1.54) is 11.3 Å². The van der Waals surface area contributed by atoms with Crippen LogP contribution in [-0.2, 0) is 22.7 Å². The summed E-state index contributed by atoms with van der Waals surface area (Å²) < 4.78 is 5.97. The number of ether oxygens (including phenoxy) is 1. The lowest BCUT2D eigenvalue weighted by molar-refractivity contribution is -0.145. The highest BCUT2D eigenvalue weighted by molar-refractivity contribution is 7.18. The van der Waals surface area contributed by atoms with Crippen LogP contribution in [0.15, 0.2) is 46.0 Å². The number of esters is 1. The average molecular weight is 330 g/mol. The van der Waals surface area contributed by atoms with E-state index < -0.39 is 23.8 Å². The van der Waals surface area contributed by atoms with Gasteiger partial charge in [-0.25, -0.2) is 9.36 Å². The molecule has 0 amide bonds. The van der Waals surface area contributed by atoms with Crippen LogP contribution in [0.5, 0.6) is 0 Å². The molecule has 0 radical (unpaired) electrons. The highest BCUT2D eigenvalue weighted by Crippen LogP contribution is 2.18. The molecule has 0 aliphatic rings. The molecule has 0 atom stereocenters. The predicted molar refractivity (Wildman–Crippen MR) is 87.7 cm³/mol. The van der Waals surface area contributed by atoms with Crippen molar-refractivity contribution in [2.45, 2.75) is 20.1 Å². The van der Waals surface area contributed by atoms with Crippen molar-refractivity contribution >= 4 is 27.5 Å². The van der Waals surface area contributed by atoms with Crippen LogP contribution in [0.2, 0.25) is 0 Å². The number of carbonyl (C=O) groups is 1. The molecule has 0 spiro atoms. The molecule has 1 aromatic carbocycles. The molecule has 0 aliphatic heterocycles. The van der Waals surface area contributed by atoms with Gasteiger partial charge in [0.15, 0.2) is 0 Å². The third-order valence-corrected chi connectivity index (χ3v) is 4.29. The second-order valence-electron chi connectivity index (χ2n) is 5.07. The molecule has 3 rings (SSSR count). The zero-order valence-electron chi connectivity index (χ0n) is 12.4. The van der Waals surface area contributed by atoms with Gasteiger partial charge in [0.05, 0.1) is 5.39 Å². The van der Waals surface area contributed by atoms with Crippen LogP contribution in [0.4, 0.5) is 0 Å². The summed E-state index contributed by atoms with van der Waals surface area (Å²) >= 11 is 1.33. The smallest absolute Gasteiger partial charge is 0.329 e. The minimum atomic E-state index is -0.632. The molecule has 2 heterocycles. The molecule has 0 fully saturated rings. The van der Waals surface area contributed by atoms with Gasteiger partial charge in [-0.15, -0.1) is 11.3 Å². The first-order valence-electron chi connectivity index (χ1n) is 6.97. The van der Waals surface area contributed by atoms with Gasteiger partial charge in [-0.3, -0.25) is 14.6 Å². The number of nitrogens with one attached hydrogen (secondary N) is 1. The minimum Gasteiger partial charge on any atom is -0.459 e. The Morgan fingerprint density at radius 1 is 1.26 bits per heavy atom. The normalized spacial score (nSPS) is 10.8. The van der Waals surface area contributed by atoms with E-state index in [1.807, 2.05) is 37.3 Å². The van der Waals surface area contributed by atoms with Crippen LogP contribution in [0.3, 0.4) is 0 Å². The number of hydrogen-bond donors (Lipinski definition) is 1. The van der Waals surface area contributed by atoms with E-state index >= 15 is 0 Å². The zero-order valence-corrected chi connectivity index (χ0v) is 13.2.